The molecule has 2 aromatic rings. The largest absolute Gasteiger partial charge is 0.497 e. The summed E-state index contributed by atoms with van der Waals surface area (Å²) < 4.78 is 25.9. The standard InChI is InChI=1S/C24H29FN2O3/c1-18-23(28)27(22-9-4-3-8-21(22)25)17-24(30-18)11-14-26(15-12-24)13-10-19-6-5-7-20(16-19)29-2/h3-9,16,18H,10-15,17H2,1-2H3. The van der Waals surface area contributed by atoms with Crippen molar-refractivity contribution in [1.29, 1.82) is 0 Å². The fourth-order valence-corrected chi connectivity index (χ4v) is 4.50. The van der Waals surface area contributed by atoms with Gasteiger partial charge in [0.05, 0.1) is 24.9 Å². The van der Waals surface area contributed by atoms with Crippen LogP contribution in [0.25, 0.3) is 0 Å². The number of benzene rings is 2. The number of hydrogen-bond acceptors (Lipinski definition) is 4. The molecule has 1 spiro atoms. The average Bonchev–Trinajstić information content (AvgIpc) is 2.77. The minimum atomic E-state index is -0.568. The zero-order chi connectivity index (χ0) is 21.1. The van der Waals surface area contributed by atoms with Crippen LogP contribution >= 0.6 is 0 Å². The molecular formula is C24H29FN2O3. The van der Waals surface area contributed by atoms with E-state index in [0.717, 1.165) is 44.6 Å². The molecule has 0 aromatic heterocycles. The molecule has 1 amide bonds. The molecule has 2 fully saturated rings. The lowest BCUT2D eigenvalue weighted by molar-refractivity contribution is -0.161. The highest BCUT2D eigenvalue weighted by molar-refractivity contribution is 5.97. The van der Waals surface area contributed by atoms with Crippen LogP contribution in [0.4, 0.5) is 10.1 Å². The van der Waals surface area contributed by atoms with Crippen LogP contribution in [0.5, 0.6) is 5.75 Å². The topological polar surface area (TPSA) is 42.0 Å². The maximum atomic E-state index is 14.4. The molecule has 2 aliphatic heterocycles. The van der Waals surface area contributed by atoms with Gasteiger partial charge in [0, 0.05) is 19.6 Å². The van der Waals surface area contributed by atoms with Crippen molar-refractivity contribution in [1.82, 2.24) is 4.90 Å². The molecule has 0 aliphatic carbocycles. The van der Waals surface area contributed by atoms with Crippen LogP contribution in [0.2, 0.25) is 0 Å². The van der Waals surface area contributed by atoms with Gasteiger partial charge in [-0.05, 0) is 56.0 Å². The van der Waals surface area contributed by atoms with E-state index in [1.54, 1.807) is 37.1 Å². The second kappa shape index (κ2) is 8.74. The van der Waals surface area contributed by atoms with Crippen LogP contribution < -0.4 is 9.64 Å². The molecule has 0 bridgehead atoms. The lowest BCUT2D eigenvalue weighted by atomic mass is 9.88. The molecule has 2 aromatic carbocycles. The number of piperidine rings is 1. The number of amides is 1. The zero-order valence-corrected chi connectivity index (χ0v) is 17.6. The number of likely N-dealkylation sites (tertiary alicyclic amines) is 1. The lowest BCUT2D eigenvalue weighted by Crippen LogP contribution is -2.61. The predicted octanol–water partition coefficient (Wildman–Crippen LogP) is 3.66. The number of carbonyl (C=O) groups excluding carboxylic acids is 1. The number of ether oxygens (including phenoxy) is 2. The van der Waals surface area contributed by atoms with Crippen LogP contribution in [0.3, 0.4) is 0 Å². The average molecular weight is 413 g/mol. The van der Waals surface area contributed by atoms with Crippen molar-refractivity contribution in [3.05, 3.63) is 59.9 Å². The number of halogens is 1. The molecule has 4 rings (SSSR count). The number of hydrogen-bond donors (Lipinski definition) is 0. The summed E-state index contributed by atoms with van der Waals surface area (Å²) >= 11 is 0. The van der Waals surface area contributed by atoms with Crippen LogP contribution in [0.15, 0.2) is 48.5 Å². The van der Waals surface area contributed by atoms with Gasteiger partial charge < -0.3 is 19.3 Å². The van der Waals surface area contributed by atoms with Crippen molar-refractivity contribution in [2.24, 2.45) is 0 Å². The Morgan fingerprint density at radius 1 is 1.17 bits per heavy atom. The Balaban J connectivity index is 1.39. The van der Waals surface area contributed by atoms with E-state index in [0.29, 0.717) is 12.2 Å². The minimum Gasteiger partial charge on any atom is -0.497 e. The SMILES string of the molecule is COc1cccc(CCN2CCC3(CC2)CN(c2ccccc2F)C(=O)C(C)O3)c1. The smallest absolute Gasteiger partial charge is 0.256 e. The molecule has 0 N–H and O–H groups in total. The summed E-state index contributed by atoms with van der Waals surface area (Å²) in [4.78, 5) is 16.7. The summed E-state index contributed by atoms with van der Waals surface area (Å²) in [5.41, 5.74) is 1.19. The molecule has 1 unspecified atom stereocenters. The number of morpholine rings is 1. The fraction of sp³-hybridized carbons (Fsp3) is 0.458. The molecule has 5 nitrogen and oxygen atoms in total. The number of nitrogens with zero attached hydrogens (tertiary/aromatic N) is 2. The summed E-state index contributed by atoms with van der Waals surface area (Å²) in [5.74, 6) is 0.338. The van der Waals surface area contributed by atoms with E-state index >= 15 is 0 Å². The lowest BCUT2D eigenvalue weighted by Gasteiger charge is -2.49. The van der Waals surface area contributed by atoms with Crippen molar-refractivity contribution in [3.63, 3.8) is 0 Å². The molecule has 0 saturated carbocycles. The molecule has 2 saturated heterocycles. The highest BCUT2D eigenvalue weighted by atomic mass is 19.1. The van der Waals surface area contributed by atoms with Crippen molar-refractivity contribution >= 4 is 11.6 Å². The Morgan fingerprint density at radius 3 is 2.67 bits per heavy atom. The third kappa shape index (κ3) is 4.35. The first-order valence-electron chi connectivity index (χ1n) is 10.6. The molecule has 160 valence electrons. The zero-order valence-electron chi connectivity index (χ0n) is 17.6. The van der Waals surface area contributed by atoms with Gasteiger partial charge >= 0.3 is 0 Å². The van der Waals surface area contributed by atoms with E-state index in [9.17, 15) is 9.18 Å². The summed E-state index contributed by atoms with van der Waals surface area (Å²) in [6.07, 6.45) is 2.05. The first-order valence-corrected chi connectivity index (χ1v) is 10.6. The van der Waals surface area contributed by atoms with Gasteiger partial charge in [-0.25, -0.2) is 4.39 Å². The minimum absolute atomic E-state index is 0.175. The molecule has 1 atom stereocenters. The Kier molecular flexibility index (Phi) is 6.06. The second-order valence-corrected chi connectivity index (χ2v) is 8.26. The van der Waals surface area contributed by atoms with Crippen molar-refractivity contribution in [2.45, 2.75) is 37.9 Å². The number of para-hydroxylation sites is 1. The van der Waals surface area contributed by atoms with Gasteiger partial charge in [-0.2, -0.15) is 0 Å². The highest BCUT2D eigenvalue weighted by Gasteiger charge is 2.46. The number of methoxy groups -OCH3 is 1. The fourth-order valence-electron chi connectivity index (χ4n) is 4.50. The Morgan fingerprint density at radius 2 is 1.93 bits per heavy atom. The molecule has 0 radical (unpaired) electrons. The molecule has 6 heteroatoms. The second-order valence-electron chi connectivity index (χ2n) is 8.26. The van der Waals surface area contributed by atoms with Crippen LogP contribution in [0, 0.1) is 5.82 Å². The molecule has 2 heterocycles. The Bertz CT molecular complexity index is 896. The first-order chi connectivity index (χ1) is 14.5. The van der Waals surface area contributed by atoms with Gasteiger partial charge in [-0.15, -0.1) is 0 Å². The maximum Gasteiger partial charge on any atom is 0.256 e. The van der Waals surface area contributed by atoms with Gasteiger partial charge in [0.25, 0.3) is 5.91 Å². The predicted molar refractivity (Wildman–Crippen MR) is 114 cm³/mol. The maximum absolute atomic E-state index is 14.4. The summed E-state index contributed by atoms with van der Waals surface area (Å²) in [7, 11) is 1.68. The number of rotatable bonds is 5. The quantitative estimate of drug-likeness (QED) is 0.752. The van der Waals surface area contributed by atoms with E-state index in [-0.39, 0.29) is 11.7 Å². The highest BCUT2D eigenvalue weighted by Crippen LogP contribution is 2.35. The molecule has 2 aliphatic rings. The van der Waals surface area contributed by atoms with Crippen LogP contribution in [0.1, 0.15) is 25.3 Å². The van der Waals surface area contributed by atoms with E-state index in [2.05, 4.69) is 17.0 Å². The molecule has 30 heavy (non-hydrogen) atoms. The summed E-state index contributed by atoms with van der Waals surface area (Å²) in [6, 6.07) is 14.7. The van der Waals surface area contributed by atoms with Crippen LogP contribution in [-0.2, 0) is 16.0 Å². The van der Waals surface area contributed by atoms with E-state index in [1.807, 2.05) is 12.1 Å². The third-order valence-corrected chi connectivity index (χ3v) is 6.25. The van der Waals surface area contributed by atoms with E-state index < -0.39 is 11.7 Å². The Labute approximate surface area is 177 Å². The number of anilines is 1. The van der Waals surface area contributed by atoms with Crippen LogP contribution in [-0.4, -0.2) is 55.8 Å². The van der Waals surface area contributed by atoms with Gasteiger partial charge in [0.1, 0.15) is 17.7 Å². The van der Waals surface area contributed by atoms with Gasteiger partial charge in [0.2, 0.25) is 0 Å². The van der Waals surface area contributed by atoms with Crippen molar-refractivity contribution in [2.75, 3.05) is 38.2 Å². The summed E-state index contributed by atoms with van der Waals surface area (Å²) in [5, 5.41) is 0. The van der Waals surface area contributed by atoms with Gasteiger partial charge in [0.15, 0.2) is 0 Å². The normalized spacial score (nSPS) is 21.8. The van der Waals surface area contributed by atoms with E-state index in [1.165, 1.54) is 11.6 Å². The van der Waals surface area contributed by atoms with Gasteiger partial charge in [-0.3, -0.25) is 4.79 Å². The van der Waals surface area contributed by atoms with Crippen molar-refractivity contribution < 1.29 is 18.7 Å². The Hall–Kier alpha value is -2.44. The first kappa shape index (κ1) is 20.8. The van der Waals surface area contributed by atoms with E-state index in [4.69, 9.17) is 9.47 Å². The summed E-state index contributed by atoms with van der Waals surface area (Å²) in [6.45, 7) is 4.94. The molecular weight excluding hydrogens is 383 g/mol. The van der Waals surface area contributed by atoms with Crippen molar-refractivity contribution in [3.8, 4) is 5.75 Å². The number of carbonyl (C=O) groups is 1. The third-order valence-electron chi connectivity index (χ3n) is 6.25. The monoisotopic (exact) mass is 412 g/mol. The van der Waals surface area contributed by atoms with Gasteiger partial charge in [-0.1, -0.05) is 24.3 Å².